The molecule has 13 heteroatoms. The molecule has 0 saturated carbocycles. The fraction of sp³-hybridized carbons (Fsp3) is 0.158. The highest BCUT2D eigenvalue weighted by molar-refractivity contribution is 7.99. The van der Waals surface area contributed by atoms with E-state index >= 15 is 0 Å². The average molecular weight is 474 g/mol. The lowest BCUT2D eigenvalue weighted by Gasteiger charge is -2.10. The Morgan fingerprint density at radius 1 is 1.16 bits per heavy atom. The minimum absolute atomic E-state index is 0.0384. The third-order valence-electron chi connectivity index (χ3n) is 4.04. The second kappa shape index (κ2) is 9.70. The lowest BCUT2D eigenvalue weighted by molar-refractivity contribution is -0.113. The van der Waals surface area contributed by atoms with Gasteiger partial charge in [-0.2, -0.15) is 0 Å². The van der Waals surface area contributed by atoms with Crippen LogP contribution in [0.3, 0.4) is 0 Å². The fourth-order valence-electron chi connectivity index (χ4n) is 2.64. The van der Waals surface area contributed by atoms with Crippen LogP contribution in [0.2, 0.25) is 0 Å². The Morgan fingerprint density at radius 3 is 2.66 bits per heavy atom. The highest BCUT2D eigenvalue weighted by Crippen LogP contribution is 2.23. The predicted molar refractivity (Wildman–Crippen MR) is 115 cm³/mol. The number of furan rings is 1. The molecule has 2 amide bonds. The highest BCUT2D eigenvalue weighted by atomic mass is 32.2. The van der Waals surface area contributed by atoms with Gasteiger partial charge >= 0.3 is 0 Å². The van der Waals surface area contributed by atoms with Gasteiger partial charge in [0, 0.05) is 5.69 Å². The lowest BCUT2D eigenvalue weighted by Crippen LogP contribution is -2.24. The Bertz CT molecular complexity index is 1220. The molecular formula is C19H16FN7O3S2. The van der Waals surface area contributed by atoms with Crippen LogP contribution in [0.4, 0.5) is 9.52 Å². The molecule has 0 bridgehead atoms. The Morgan fingerprint density at radius 2 is 1.97 bits per heavy atom. The summed E-state index contributed by atoms with van der Waals surface area (Å²) >= 11 is 2.41. The summed E-state index contributed by atoms with van der Waals surface area (Å²) in [5, 5.41) is 22.9. The zero-order valence-electron chi connectivity index (χ0n) is 16.6. The number of aromatic nitrogens is 5. The van der Waals surface area contributed by atoms with Gasteiger partial charge in [0.05, 0.1) is 18.6 Å². The Hall–Kier alpha value is -3.58. The van der Waals surface area contributed by atoms with Crippen molar-refractivity contribution in [2.75, 3.05) is 11.1 Å². The van der Waals surface area contributed by atoms with E-state index < -0.39 is 11.7 Å². The molecule has 0 unspecified atom stereocenters. The number of halogens is 1. The number of aryl methyl sites for hydroxylation is 1. The normalized spacial score (nSPS) is 10.8. The first-order chi connectivity index (χ1) is 15.5. The van der Waals surface area contributed by atoms with Gasteiger partial charge in [-0.25, -0.2) is 4.39 Å². The second-order valence-corrected chi connectivity index (χ2v) is 8.46. The summed E-state index contributed by atoms with van der Waals surface area (Å²) in [6.45, 7) is 1.83. The second-order valence-electron chi connectivity index (χ2n) is 6.33. The number of nitrogens with one attached hydrogen (secondary N) is 2. The van der Waals surface area contributed by atoms with Crippen molar-refractivity contribution in [3.8, 4) is 5.69 Å². The van der Waals surface area contributed by atoms with Crippen molar-refractivity contribution in [3.05, 3.63) is 65.1 Å². The van der Waals surface area contributed by atoms with Gasteiger partial charge in [0.25, 0.3) is 5.91 Å². The van der Waals surface area contributed by atoms with Crippen LogP contribution in [0.5, 0.6) is 0 Å². The maximum absolute atomic E-state index is 13.4. The lowest BCUT2D eigenvalue weighted by atomic mass is 10.3. The summed E-state index contributed by atoms with van der Waals surface area (Å²) in [6.07, 6.45) is 1.40. The van der Waals surface area contributed by atoms with Crippen molar-refractivity contribution in [3.63, 3.8) is 0 Å². The van der Waals surface area contributed by atoms with Gasteiger partial charge in [-0.1, -0.05) is 23.1 Å². The number of nitrogens with zero attached hydrogens (tertiary/aromatic N) is 5. The van der Waals surface area contributed by atoms with E-state index in [-0.39, 0.29) is 24.0 Å². The third-order valence-corrected chi connectivity index (χ3v) is 5.73. The van der Waals surface area contributed by atoms with E-state index in [9.17, 15) is 14.0 Å². The van der Waals surface area contributed by atoms with Gasteiger partial charge in [0.1, 0.15) is 10.8 Å². The number of anilines is 1. The smallest absolute Gasteiger partial charge is 0.287 e. The molecular weight excluding hydrogens is 457 g/mol. The van der Waals surface area contributed by atoms with Crippen molar-refractivity contribution in [1.82, 2.24) is 30.3 Å². The van der Waals surface area contributed by atoms with E-state index in [1.54, 1.807) is 35.8 Å². The minimum Gasteiger partial charge on any atom is -0.459 e. The standard InChI is InChI=1S/C19H16FN7O3S2/c1-11-23-25-18(32-11)22-16(28)10-31-19-26-24-15(9-21-17(29)14-3-2-8-30-14)27(19)13-6-4-12(20)5-7-13/h2-8H,9-10H2,1H3,(H,21,29)(H,22,25,28). The first-order valence-corrected chi connectivity index (χ1v) is 11.0. The molecule has 10 nitrogen and oxygen atoms in total. The van der Waals surface area contributed by atoms with Crippen LogP contribution in [0.25, 0.3) is 5.69 Å². The molecule has 164 valence electrons. The van der Waals surface area contributed by atoms with Crippen LogP contribution in [0.1, 0.15) is 21.4 Å². The summed E-state index contributed by atoms with van der Waals surface area (Å²) < 4.78 is 20.2. The third kappa shape index (κ3) is 5.18. The van der Waals surface area contributed by atoms with E-state index in [4.69, 9.17) is 4.42 Å². The number of thioether (sulfide) groups is 1. The number of carbonyl (C=O) groups is 2. The van der Waals surface area contributed by atoms with E-state index in [0.29, 0.717) is 21.8 Å². The monoisotopic (exact) mass is 473 g/mol. The molecule has 3 aromatic heterocycles. The molecule has 0 spiro atoms. The van der Waals surface area contributed by atoms with Crippen molar-refractivity contribution in [2.45, 2.75) is 18.6 Å². The molecule has 4 aromatic rings. The number of benzene rings is 1. The Kier molecular flexibility index (Phi) is 6.56. The molecule has 0 radical (unpaired) electrons. The predicted octanol–water partition coefficient (Wildman–Crippen LogP) is 2.82. The number of rotatable bonds is 8. The van der Waals surface area contributed by atoms with Crippen LogP contribution in [0.15, 0.2) is 52.2 Å². The zero-order chi connectivity index (χ0) is 22.5. The number of hydrogen-bond acceptors (Lipinski definition) is 9. The molecule has 0 saturated heterocycles. The maximum atomic E-state index is 13.4. The summed E-state index contributed by atoms with van der Waals surface area (Å²) in [6, 6.07) is 8.88. The van der Waals surface area contributed by atoms with Crippen LogP contribution < -0.4 is 10.6 Å². The first-order valence-electron chi connectivity index (χ1n) is 9.24. The zero-order valence-corrected chi connectivity index (χ0v) is 18.2. The fourth-order valence-corrected chi connectivity index (χ4v) is 4.02. The molecule has 0 aliphatic heterocycles. The van der Waals surface area contributed by atoms with Gasteiger partial charge in [0.15, 0.2) is 16.7 Å². The summed E-state index contributed by atoms with van der Waals surface area (Å²) in [4.78, 5) is 24.5. The first kappa shape index (κ1) is 21.6. The summed E-state index contributed by atoms with van der Waals surface area (Å²) in [7, 11) is 0. The van der Waals surface area contributed by atoms with E-state index in [0.717, 1.165) is 16.8 Å². The van der Waals surface area contributed by atoms with Crippen molar-refractivity contribution in [1.29, 1.82) is 0 Å². The number of amides is 2. The van der Waals surface area contributed by atoms with Crippen LogP contribution in [-0.4, -0.2) is 42.5 Å². The van der Waals surface area contributed by atoms with Gasteiger partial charge in [-0.05, 0) is 43.3 Å². The van der Waals surface area contributed by atoms with Crippen molar-refractivity contribution in [2.24, 2.45) is 0 Å². The molecule has 4 rings (SSSR count). The quantitative estimate of drug-likeness (QED) is 0.374. The van der Waals surface area contributed by atoms with E-state index in [1.807, 2.05) is 0 Å². The largest absolute Gasteiger partial charge is 0.459 e. The molecule has 0 atom stereocenters. The maximum Gasteiger partial charge on any atom is 0.287 e. The Labute approximate surface area is 189 Å². The van der Waals surface area contributed by atoms with Gasteiger partial charge in [-0.3, -0.25) is 19.5 Å². The molecule has 32 heavy (non-hydrogen) atoms. The van der Waals surface area contributed by atoms with Crippen molar-refractivity contribution < 1.29 is 18.4 Å². The van der Waals surface area contributed by atoms with Gasteiger partial charge < -0.3 is 9.73 Å². The molecule has 1 aromatic carbocycles. The van der Waals surface area contributed by atoms with Crippen LogP contribution in [-0.2, 0) is 11.3 Å². The molecule has 2 N–H and O–H groups in total. The molecule has 0 aliphatic carbocycles. The average Bonchev–Trinajstić information content (AvgIpc) is 3.53. The molecule has 3 heterocycles. The van der Waals surface area contributed by atoms with E-state index in [2.05, 4.69) is 31.0 Å². The Balaban J connectivity index is 1.50. The van der Waals surface area contributed by atoms with Crippen LogP contribution >= 0.6 is 23.1 Å². The summed E-state index contributed by atoms with van der Waals surface area (Å²) in [5.74, 6) is -0.487. The van der Waals surface area contributed by atoms with Crippen LogP contribution in [0, 0.1) is 12.7 Å². The van der Waals surface area contributed by atoms with Gasteiger partial charge in [0.2, 0.25) is 11.0 Å². The van der Waals surface area contributed by atoms with Crippen molar-refractivity contribution >= 4 is 40.0 Å². The summed E-state index contributed by atoms with van der Waals surface area (Å²) in [5.41, 5.74) is 0.585. The highest BCUT2D eigenvalue weighted by Gasteiger charge is 2.18. The SMILES string of the molecule is Cc1nnc(NC(=O)CSc2nnc(CNC(=O)c3ccco3)n2-c2ccc(F)cc2)s1. The minimum atomic E-state index is -0.412. The number of hydrogen-bond donors (Lipinski definition) is 2. The molecule has 0 aliphatic rings. The molecule has 0 fully saturated rings. The topological polar surface area (TPSA) is 128 Å². The van der Waals surface area contributed by atoms with Gasteiger partial charge in [-0.15, -0.1) is 20.4 Å². The van der Waals surface area contributed by atoms with E-state index in [1.165, 1.54) is 29.7 Å². The number of carbonyl (C=O) groups excluding carboxylic acids is 2.